The molecule has 1 heterocycles. The van der Waals surface area contributed by atoms with Gasteiger partial charge >= 0.3 is 12.0 Å². The molecular formula is C18H24ClN3O6S. The lowest BCUT2D eigenvalue weighted by Gasteiger charge is -2.26. The zero-order valence-corrected chi connectivity index (χ0v) is 17.8. The van der Waals surface area contributed by atoms with Gasteiger partial charge in [0.1, 0.15) is 0 Å². The molecular weight excluding hydrogens is 422 g/mol. The van der Waals surface area contributed by atoms with Crippen molar-refractivity contribution < 1.29 is 27.5 Å². The van der Waals surface area contributed by atoms with Gasteiger partial charge in [-0.2, -0.15) is 4.31 Å². The predicted octanol–water partition coefficient (Wildman–Crippen LogP) is 1.91. The van der Waals surface area contributed by atoms with Gasteiger partial charge in [0.05, 0.1) is 15.5 Å². The van der Waals surface area contributed by atoms with Crippen molar-refractivity contribution in [1.82, 2.24) is 14.9 Å². The molecule has 1 saturated heterocycles. The van der Waals surface area contributed by atoms with Crippen LogP contribution in [0.1, 0.15) is 43.5 Å². The molecule has 11 heteroatoms. The third-order valence-electron chi connectivity index (χ3n) is 4.12. The van der Waals surface area contributed by atoms with Gasteiger partial charge < -0.3 is 10.1 Å². The number of nitrogens with one attached hydrogen (secondary N) is 2. The Labute approximate surface area is 174 Å². The minimum atomic E-state index is -3.76. The summed E-state index contributed by atoms with van der Waals surface area (Å²) in [6, 6.07) is 2.87. The second-order valence-corrected chi connectivity index (χ2v) is 9.20. The van der Waals surface area contributed by atoms with Gasteiger partial charge in [-0.1, -0.05) is 18.0 Å². The van der Waals surface area contributed by atoms with Crippen molar-refractivity contribution in [1.29, 1.82) is 0 Å². The van der Waals surface area contributed by atoms with Crippen molar-refractivity contribution in [2.45, 2.75) is 44.0 Å². The van der Waals surface area contributed by atoms with E-state index in [2.05, 4.69) is 5.32 Å². The van der Waals surface area contributed by atoms with Crippen molar-refractivity contribution in [3.63, 3.8) is 0 Å². The van der Waals surface area contributed by atoms with Gasteiger partial charge in [0, 0.05) is 19.1 Å². The fourth-order valence-corrected chi connectivity index (χ4v) is 4.48. The number of hydrogen-bond donors (Lipinski definition) is 2. The number of urea groups is 1. The number of nitrogens with zero attached hydrogens (tertiary/aromatic N) is 1. The van der Waals surface area contributed by atoms with Gasteiger partial charge in [-0.25, -0.2) is 18.0 Å². The topological polar surface area (TPSA) is 122 Å². The van der Waals surface area contributed by atoms with E-state index in [4.69, 9.17) is 16.3 Å². The Morgan fingerprint density at radius 1 is 1.17 bits per heavy atom. The van der Waals surface area contributed by atoms with Crippen molar-refractivity contribution in [3.05, 3.63) is 28.8 Å². The monoisotopic (exact) mass is 445 g/mol. The molecule has 1 aromatic carbocycles. The molecule has 0 unspecified atom stereocenters. The number of rotatable bonds is 6. The predicted molar refractivity (Wildman–Crippen MR) is 106 cm³/mol. The van der Waals surface area contributed by atoms with E-state index in [9.17, 15) is 22.8 Å². The van der Waals surface area contributed by atoms with Gasteiger partial charge in [-0.15, -0.1) is 0 Å². The molecule has 1 aliphatic heterocycles. The molecule has 1 fully saturated rings. The molecule has 0 bridgehead atoms. The fraction of sp³-hybridized carbons (Fsp3) is 0.500. The van der Waals surface area contributed by atoms with Gasteiger partial charge in [-0.3, -0.25) is 10.1 Å². The SMILES string of the molecule is CC(C)NC(=O)NC(=O)COC(=O)c1cc(S(=O)(=O)N2CCCCC2)ccc1Cl. The third-order valence-corrected chi connectivity index (χ3v) is 6.34. The summed E-state index contributed by atoms with van der Waals surface area (Å²) in [5.74, 6) is -1.80. The van der Waals surface area contributed by atoms with Crippen LogP contribution in [-0.4, -0.2) is 56.4 Å². The minimum Gasteiger partial charge on any atom is -0.452 e. The van der Waals surface area contributed by atoms with E-state index in [0.29, 0.717) is 13.1 Å². The molecule has 3 amide bonds. The number of piperidine rings is 1. The van der Waals surface area contributed by atoms with Crippen LogP contribution in [0.5, 0.6) is 0 Å². The summed E-state index contributed by atoms with van der Waals surface area (Å²) in [5, 5.41) is 4.45. The number of carbonyl (C=O) groups is 3. The summed E-state index contributed by atoms with van der Waals surface area (Å²) in [4.78, 5) is 35.4. The highest BCUT2D eigenvalue weighted by atomic mass is 35.5. The van der Waals surface area contributed by atoms with E-state index in [1.807, 2.05) is 5.32 Å². The van der Waals surface area contributed by atoms with Crippen LogP contribution in [0.25, 0.3) is 0 Å². The summed E-state index contributed by atoms with van der Waals surface area (Å²) in [6.07, 6.45) is 2.53. The molecule has 9 nitrogen and oxygen atoms in total. The Morgan fingerprint density at radius 2 is 1.83 bits per heavy atom. The molecule has 29 heavy (non-hydrogen) atoms. The van der Waals surface area contributed by atoms with Crippen molar-refractivity contribution in [2.75, 3.05) is 19.7 Å². The van der Waals surface area contributed by atoms with Crippen LogP contribution in [0.3, 0.4) is 0 Å². The molecule has 1 aromatic rings. The molecule has 0 spiro atoms. The Morgan fingerprint density at radius 3 is 2.45 bits per heavy atom. The normalized spacial score (nSPS) is 15.0. The first-order valence-corrected chi connectivity index (χ1v) is 11.0. The van der Waals surface area contributed by atoms with Crippen LogP contribution in [0.2, 0.25) is 5.02 Å². The molecule has 1 aliphatic rings. The number of carbonyl (C=O) groups excluding carboxylic acids is 3. The Bertz CT molecular complexity index is 882. The zero-order chi connectivity index (χ0) is 21.6. The number of halogens is 1. The first-order valence-electron chi connectivity index (χ1n) is 9.18. The van der Waals surface area contributed by atoms with Crippen LogP contribution >= 0.6 is 11.6 Å². The van der Waals surface area contributed by atoms with Crippen LogP contribution in [0, 0.1) is 0 Å². The van der Waals surface area contributed by atoms with Crippen LogP contribution in [-0.2, 0) is 19.6 Å². The van der Waals surface area contributed by atoms with E-state index < -0.39 is 34.5 Å². The number of amides is 3. The van der Waals surface area contributed by atoms with Crippen molar-refractivity contribution in [3.8, 4) is 0 Å². The number of sulfonamides is 1. The largest absolute Gasteiger partial charge is 0.452 e. The van der Waals surface area contributed by atoms with E-state index in [1.54, 1.807) is 13.8 Å². The lowest BCUT2D eigenvalue weighted by atomic mass is 10.2. The smallest absolute Gasteiger partial charge is 0.340 e. The highest BCUT2D eigenvalue weighted by molar-refractivity contribution is 7.89. The number of ether oxygens (including phenoxy) is 1. The lowest BCUT2D eigenvalue weighted by Crippen LogP contribution is -2.44. The fourth-order valence-electron chi connectivity index (χ4n) is 2.75. The van der Waals surface area contributed by atoms with Crippen LogP contribution in [0.15, 0.2) is 23.1 Å². The van der Waals surface area contributed by atoms with E-state index in [1.165, 1.54) is 16.4 Å². The Balaban J connectivity index is 2.06. The van der Waals surface area contributed by atoms with E-state index in [-0.39, 0.29) is 21.5 Å². The quantitative estimate of drug-likeness (QED) is 0.645. The van der Waals surface area contributed by atoms with E-state index in [0.717, 1.165) is 25.3 Å². The summed E-state index contributed by atoms with van der Waals surface area (Å²) in [6.45, 7) is 3.56. The molecule has 0 aliphatic carbocycles. The minimum absolute atomic E-state index is 0.00875. The molecule has 0 saturated carbocycles. The Hall–Kier alpha value is -2.17. The molecule has 0 aromatic heterocycles. The maximum atomic E-state index is 12.8. The average molecular weight is 446 g/mol. The summed E-state index contributed by atoms with van der Waals surface area (Å²) >= 11 is 6.01. The van der Waals surface area contributed by atoms with Gasteiger partial charge in [0.25, 0.3) is 5.91 Å². The van der Waals surface area contributed by atoms with Gasteiger partial charge in [0.2, 0.25) is 10.0 Å². The standard InChI is InChI=1S/C18H24ClN3O6S/c1-12(2)20-18(25)21-16(23)11-28-17(24)14-10-13(6-7-15(14)19)29(26,27)22-8-4-3-5-9-22/h6-7,10,12H,3-5,8-9,11H2,1-2H3,(H2,20,21,23,25). The number of esters is 1. The summed E-state index contributed by atoms with van der Waals surface area (Å²) < 4.78 is 31.8. The number of imide groups is 1. The van der Waals surface area contributed by atoms with Crippen molar-refractivity contribution in [2.24, 2.45) is 0 Å². The average Bonchev–Trinajstić information content (AvgIpc) is 2.66. The highest BCUT2D eigenvalue weighted by Gasteiger charge is 2.27. The van der Waals surface area contributed by atoms with Crippen LogP contribution < -0.4 is 10.6 Å². The second kappa shape index (κ2) is 10.0. The lowest BCUT2D eigenvalue weighted by molar-refractivity contribution is -0.123. The van der Waals surface area contributed by atoms with E-state index >= 15 is 0 Å². The molecule has 0 radical (unpaired) electrons. The zero-order valence-electron chi connectivity index (χ0n) is 16.2. The first kappa shape index (κ1) is 23.1. The molecule has 160 valence electrons. The number of benzene rings is 1. The second-order valence-electron chi connectivity index (χ2n) is 6.86. The number of hydrogen-bond acceptors (Lipinski definition) is 6. The summed E-state index contributed by atoms with van der Waals surface area (Å²) in [5.41, 5.74) is -0.177. The highest BCUT2D eigenvalue weighted by Crippen LogP contribution is 2.25. The third kappa shape index (κ3) is 6.41. The maximum absolute atomic E-state index is 12.8. The molecule has 2 rings (SSSR count). The molecule has 0 atom stereocenters. The van der Waals surface area contributed by atoms with Gasteiger partial charge in [-0.05, 0) is 44.9 Å². The summed E-state index contributed by atoms with van der Waals surface area (Å²) in [7, 11) is -3.76. The maximum Gasteiger partial charge on any atom is 0.340 e. The van der Waals surface area contributed by atoms with Crippen molar-refractivity contribution >= 4 is 39.5 Å². The Kier molecular flexibility index (Phi) is 8.00. The first-order chi connectivity index (χ1) is 13.6. The molecule has 2 N–H and O–H groups in total. The van der Waals surface area contributed by atoms with Gasteiger partial charge in [0.15, 0.2) is 6.61 Å². The van der Waals surface area contributed by atoms with Crippen LogP contribution in [0.4, 0.5) is 4.79 Å².